The zero-order valence-electron chi connectivity index (χ0n) is 12.3. The lowest BCUT2D eigenvalue weighted by atomic mass is 10.3. The van der Waals surface area contributed by atoms with E-state index in [4.69, 9.17) is 32.4 Å². The first kappa shape index (κ1) is 17.1. The first-order chi connectivity index (χ1) is 10.5. The zero-order valence-corrected chi connectivity index (χ0v) is 13.8. The van der Waals surface area contributed by atoms with Crippen LogP contribution < -0.4 is 10.2 Å². The maximum atomic E-state index is 11.7. The second-order valence-corrected chi connectivity index (χ2v) is 6.08. The van der Waals surface area contributed by atoms with E-state index < -0.39 is 4.84 Å². The maximum Gasteiger partial charge on any atom is 0.255 e. The summed E-state index contributed by atoms with van der Waals surface area (Å²) in [6.07, 6.45) is 1.35. The van der Waals surface area contributed by atoms with Crippen molar-refractivity contribution in [2.24, 2.45) is 0 Å². The van der Waals surface area contributed by atoms with Crippen LogP contribution in [0.5, 0.6) is 5.75 Å². The number of ether oxygens (including phenoxy) is 1. The summed E-state index contributed by atoms with van der Waals surface area (Å²) in [5.41, 5.74) is -0.186. The molecule has 2 rings (SSSR count). The van der Waals surface area contributed by atoms with Gasteiger partial charge in [-0.05, 0) is 6.92 Å². The number of hydrogen-bond donors (Lipinski definition) is 0. The highest BCUT2D eigenvalue weighted by atomic mass is 35.5. The molecule has 0 radical (unpaired) electrons. The van der Waals surface area contributed by atoms with Crippen molar-refractivity contribution in [3.05, 3.63) is 28.3 Å². The molecule has 1 amide bonds. The van der Waals surface area contributed by atoms with E-state index in [1.165, 1.54) is 12.3 Å². The number of alkyl halides is 2. The Balaban J connectivity index is 1.76. The van der Waals surface area contributed by atoms with Gasteiger partial charge in [0.1, 0.15) is 12.4 Å². The molecule has 0 atom stereocenters. The normalized spacial score (nSPS) is 16.1. The minimum absolute atomic E-state index is 0.186. The highest BCUT2D eigenvalue weighted by molar-refractivity contribution is 6.53. The van der Waals surface area contributed by atoms with Crippen molar-refractivity contribution < 1.29 is 13.9 Å². The molecule has 0 N–H and O–H groups in total. The summed E-state index contributed by atoms with van der Waals surface area (Å²) in [7, 11) is 0. The van der Waals surface area contributed by atoms with Gasteiger partial charge in [-0.1, -0.05) is 23.2 Å². The number of halogens is 2. The summed E-state index contributed by atoms with van der Waals surface area (Å²) < 4.78 is 10.6. The number of amides is 1. The van der Waals surface area contributed by atoms with Crippen LogP contribution in [0.1, 0.15) is 5.76 Å². The molecule has 0 aromatic carbocycles. The SMILES string of the molecule is Cc1occc(=O)c1OCCN1CCN(C(=O)C(Cl)Cl)CC1. The highest BCUT2D eigenvalue weighted by Gasteiger charge is 2.24. The molecule has 1 aliphatic heterocycles. The Morgan fingerprint density at radius 2 is 2.05 bits per heavy atom. The molecule has 0 saturated carbocycles. The molecule has 8 heteroatoms. The van der Waals surface area contributed by atoms with Crippen LogP contribution in [-0.4, -0.2) is 59.9 Å². The van der Waals surface area contributed by atoms with Gasteiger partial charge in [0.05, 0.1) is 6.26 Å². The van der Waals surface area contributed by atoms with E-state index in [1.807, 2.05) is 0 Å². The Labute approximate surface area is 138 Å². The fourth-order valence-electron chi connectivity index (χ4n) is 2.28. The van der Waals surface area contributed by atoms with Gasteiger partial charge < -0.3 is 14.1 Å². The standard InChI is InChI=1S/C14H18Cl2N2O4/c1-10-12(11(19)2-8-21-10)22-9-7-17-3-5-18(6-4-17)14(20)13(15)16/h2,8,13H,3-7,9H2,1H3. The predicted octanol–water partition coefficient (Wildman–Crippen LogP) is 1.27. The molecule has 1 saturated heterocycles. The third-order valence-corrected chi connectivity index (χ3v) is 3.91. The van der Waals surface area contributed by atoms with Crippen LogP contribution in [0.25, 0.3) is 0 Å². The molecule has 22 heavy (non-hydrogen) atoms. The van der Waals surface area contributed by atoms with Crippen LogP contribution in [0.15, 0.2) is 21.5 Å². The molecule has 1 aromatic rings. The van der Waals surface area contributed by atoms with Crippen LogP contribution in [0.3, 0.4) is 0 Å². The van der Waals surface area contributed by atoms with Gasteiger partial charge in [-0.25, -0.2) is 0 Å². The van der Waals surface area contributed by atoms with Crippen molar-refractivity contribution >= 4 is 29.1 Å². The van der Waals surface area contributed by atoms with Crippen molar-refractivity contribution in [3.63, 3.8) is 0 Å². The van der Waals surface area contributed by atoms with Gasteiger partial charge in [-0.3, -0.25) is 14.5 Å². The van der Waals surface area contributed by atoms with Crippen LogP contribution >= 0.6 is 23.2 Å². The Morgan fingerprint density at radius 3 is 2.64 bits per heavy atom. The quantitative estimate of drug-likeness (QED) is 0.750. The van der Waals surface area contributed by atoms with Crippen molar-refractivity contribution in [3.8, 4) is 5.75 Å². The fourth-order valence-corrected chi connectivity index (χ4v) is 2.56. The van der Waals surface area contributed by atoms with E-state index in [2.05, 4.69) is 4.90 Å². The minimum atomic E-state index is -1.00. The molecule has 6 nitrogen and oxygen atoms in total. The third kappa shape index (κ3) is 4.38. The number of aryl methyl sites for hydroxylation is 1. The second-order valence-electron chi connectivity index (χ2n) is 4.99. The summed E-state index contributed by atoms with van der Waals surface area (Å²) >= 11 is 11.2. The van der Waals surface area contributed by atoms with E-state index in [0.29, 0.717) is 32.0 Å². The smallest absolute Gasteiger partial charge is 0.255 e. The molecule has 0 aliphatic carbocycles. The summed E-state index contributed by atoms with van der Waals surface area (Å²) in [6, 6.07) is 1.33. The molecule has 1 fully saturated rings. The summed E-state index contributed by atoms with van der Waals surface area (Å²) in [4.78, 5) is 26.1. The zero-order chi connectivity index (χ0) is 16.1. The molecule has 122 valence electrons. The number of carbonyl (C=O) groups is 1. The van der Waals surface area contributed by atoms with E-state index in [1.54, 1.807) is 11.8 Å². The molecule has 1 aromatic heterocycles. The number of rotatable bonds is 5. The van der Waals surface area contributed by atoms with Gasteiger partial charge in [0, 0.05) is 38.8 Å². The molecule has 1 aliphatic rings. The molecule has 0 spiro atoms. The molecule has 0 unspecified atom stereocenters. The Morgan fingerprint density at radius 1 is 1.36 bits per heavy atom. The van der Waals surface area contributed by atoms with Gasteiger partial charge in [-0.15, -0.1) is 0 Å². The van der Waals surface area contributed by atoms with Crippen LogP contribution in [0.2, 0.25) is 0 Å². The van der Waals surface area contributed by atoms with Crippen molar-refractivity contribution in [2.75, 3.05) is 39.3 Å². The van der Waals surface area contributed by atoms with Gasteiger partial charge in [0.2, 0.25) is 11.2 Å². The lowest BCUT2D eigenvalue weighted by Crippen LogP contribution is -2.50. The largest absolute Gasteiger partial charge is 0.485 e. The van der Waals surface area contributed by atoms with E-state index in [0.717, 1.165) is 13.1 Å². The predicted molar refractivity (Wildman–Crippen MR) is 83.7 cm³/mol. The first-order valence-corrected chi connectivity index (χ1v) is 7.87. The maximum absolute atomic E-state index is 11.7. The monoisotopic (exact) mass is 348 g/mol. The van der Waals surface area contributed by atoms with Crippen molar-refractivity contribution in [1.29, 1.82) is 0 Å². The van der Waals surface area contributed by atoms with Crippen molar-refractivity contribution in [1.82, 2.24) is 9.80 Å². The average Bonchev–Trinajstić information content (AvgIpc) is 2.50. The number of nitrogens with zero attached hydrogens (tertiary/aromatic N) is 2. The Hall–Kier alpha value is -1.24. The van der Waals surface area contributed by atoms with E-state index >= 15 is 0 Å². The Bertz CT molecular complexity index is 568. The summed E-state index contributed by atoms with van der Waals surface area (Å²) in [6.45, 7) is 5.35. The summed E-state index contributed by atoms with van der Waals surface area (Å²) in [5, 5.41) is 0. The lowest BCUT2D eigenvalue weighted by molar-refractivity contribution is -0.131. The molecular weight excluding hydrogens is 331 g/mol. The van der Waals surface area contributed by atoms with Gasteiger partial charge in [0.15, 0.2) is 4.84 Å². The fraction of sp³-hybridized carbons (Fsp3) is 0.571. The minimum Gasteiger partial charge on any atom is -0.485 e. The van der Waals surface area contributed by atoms with Crippen molar-refractivity contribution in [2.45, 2.75) is 11.8 Å². The second kappa shape index (κ2) is 7.85. The van der Waals surface area contributed by atoms with Gasteiger partial charge in [-0.2, -0.15) is 0 Å². The highest BCUT2D eigenvalue weighted by Crippen LogP contribution is 2.12. The summed E-state index contributed by atoms with van der Waals surface area (Å²) in [5.74, 6) is 0.471. The van der Waals surface area contributed by atoms with Gasteiger partial charge in [0.25, 0.3) is 5.91 Å². The topological polar surface area (TPSA) is 63.0 Å². The van der Waals surface area contributed by atoms with Gasteiger partial charge >= 0.3 is 0 Å². The van der Waals surface area contributed by atoms with E-state index in [-0.39, 0.29) is 17.1 Å². The number of hydrogen-bond acceptors (Lipinski definition) is 5. The molecule has 0 bridgehead atoms. The lowest BCUT2D eigenvalue weighted by Gasteiger charge is -2.34. The average molecular weight is 349 g/mol. The van der Waals surface area contributed by atoms with Crippen LogP contribution in [0.4, 0.5) is 0 Å². The Kier molecular flexibility index (Phi) is 6.11. The van der Waals surface area contributed by atoms with E-state index in [9.17, 15) is 9.59 Å². The third-order valence-electron chi connectivity index (χ3n) is 3.53. The molecule has 2 heterocycles. The number of piperazine rings is 1. The van der Waals surface area contributed by atoms with Crippen LogP contribution in [-0.2, 0) is 4.79 Å². The first-order valence-electron chi connectivity index (χ1n) is 6.99. The van der Waals surface area contributed by atoms with Crippen LogP contribution in [0, 0.1) is 6.92 Å². The number of carbonyl (C=O) groups excluding carboxylic acids is 1. The molecular formula is C14H18Cl2N2O4.